The maximum absolute atomic E-state index is 12.5. The summed E-state index contributed by atoms with van der Waals surface area (Å²) in [7, 11) is 0. The van der Waals surface area contributed by atoms with Crippen LogP contribution < -0.4 is 20.1 Å². The predicted molar refractivity (Wildman–Crippen MR) is 96.5 cm³/mol. The molecular formula is C19H20F3N3O3. The van der Waals surface area contributed by atoms with Crippen molar-refractivity contribution >= 4 is 11.7 Å². The smallest absolute Gasteiger partial charge is 0.417 e. The Bertz CT molecular complexity index is 810. The first-order valence-electron chi connectivity index (χ1n) is 8.84. The van der Waals surface area contributed by atoms with E-state index in [0.29, 0.717) is 50.0 Å². The van der Waals surface area contributed by atoms with E-state index in [1.807, 2.05) is 6.07 Å². The molecule has 0 saturated heterocycles. The van der Waals surface area contributed by atoms with Crippen LogP contribution in [0.25, 0.3) is 0 Å². The summed E-state index contributed by atoms with van der Waals surface area (Å²) in [4.78, 5) is 15.8. The molecule has 0 spiro atoms. The Morgan fingerprint density at radius 3 is 2.57 bits per heavy atom. The van der Waals surface area contributed by atoms with Crippen molar-refractivity contribution in [3.8, 4) is 11.5 Å². The Morgan fingerprint density at radius 1 is 1.07 bits per heavy atom. The quantitative estimate of drug-likeness (QED) is 0.705. The molecule has 0 atom stereocenters. The molecule has 6 nitrogen and oxygen atoms in total. The standard InChI is InChI=1S/C19H20F3N3O3/c20-19(21,22)14-3-5-17(25-12-14)23-6-1-7-24-18(26)11-13-2-4-15-16(10-13)28-9-8-27-15/h2-5,10,12H,1,6-9,11H2,(H,23,25)(H,24,26). The second-order valence-corrected chi connectivity index (χ2v) is 6.21. The molecule has 1 amide bonds. The van der Waals surface area contributed by atoms with Gasteiger partial charge in [-0.05, 0) is 36.2 Å². The lowest BCUT2D eigenvalue weighted by molar-refractivity contribution is -0.137. The molecule has 0 fully saturated rings. The van der Waals surface area contributed by atoms with E-state index in [0.717, 1.165) is 17.8 Å². The van der Waals surface area contributed by atoms with Crippen molar-refractivity contribution in [2.75, 3.05) is 31.6 Å². The molecule has 1 aromatic heterocycles. The fraction of sp³-hybridized carbons (Fsp3) is 0.368. The van der Waals surface area contributed by atoms with Crippen molar-refractivity contribution in [1.82, 2.24) is 10.3 Å². The molecule has 9 heteroatoms. The highest BCUT2D eigenvalue weighted by atomic mass is 19.4. The monoisotopic (exact) mass is 395 g/mol. The Hall–Kier alpha value is -2.97. The largest absolute Gasteiger partial charge is 0.486 e. The minimum absolute atomic E-state index is 0.121. The van der Waals surface area contributed by atoms with E-state index in [4.69, 9.17) is 9.47 Å². The lowest BCUT2D eigenvalue weighted by Crippen LogP contribution is -2.27. The van der Waals surface area contributed by atoms with Crippen molar-refractivity contribution in [3.05, 3.63) is 47.7 Å². The number of aromatic nitrogens is 1. The first-order chi connectivity index (χ1) is 13.4. The molecule has 0 bridgehead atoms. The van der Waals surface area contributed by atoms with E-state index in [9.17, 15) is 18.0 Å². The van der Waals surface area contributed by atoms with E-state index < -0.39 is 11.7 Å². The van der Waals surface area contributed by atoms with Crippen LogP contribution >= 0.6 is 0 Å². The molecule has 2 heterocycles. The van der Waals surface area contributed by atoms with Gasteiger partial charge in [0.1, 0.15) is 19.0 Å². The normalized spacial score (nSPS) is 13.1. The van der Waals surface area contributed by atoms with E-state index in [1.54, 1.807) is 12.1 Å². The molecule has 0 unspecified atom stereocenters. The van der Waals surface area contributed by atoms with Gasteiger partial charge < -0.3 is 20.1 Å². The number of fused-ring (bicyclic) bond motifs is 1. The Labute approximate surface area is 160 Å². The molecule has 3 rings (SSSR count). The number of rotatable bonds is 7. The van der Waals surface area contributed by atoms with Crippen LogP contribution in [-0.4, -0.2) is 37.2 Å². The molecule has 0 aliphatic carbocycles. The van der Waals surface area contributed by atoms with Crippen LogP contribution in [0.5, 0.6) is 11.5 Å². The number of pyridine rings is 1. The highest BCUT2D eigenvalue weighted by Gasteiger charge is 2.30. The lowest BCUT2D eigenvalue weighted by Gasteiger charge is -2.18. The first-order valence-corrected chi connectivity index (χ1v) is 8.84. The van der Waals surface area contributed by atoms with E-state index >= 15 is 0 Å². The van der Waals surface area contributed by atoms with Gasteiger partial charge in [0.15, 0.2) is 11.5 Å². The van der Waals surface area contributed by atoms with Gasteiger partial charge in [0.05, 0.1) is 12.0 Å². The van der Waals surface area contributed by atoms with Gasteiger partial charge in [-0.1, -0.05) is 6.07 Å². The summed E-state index contributed by atoms with van der Waals surface area (Å²) < 4.78 is 48.4. The number of hydrogen-bond acceptors (Lipinski definition) is 5. The summed E-state index contributed by atoms with van der Waals surface area (Å²) in [5.74, 6) is 1.56. The highest BCUT2D eigenvalue weighted by Crippen LogP contribution is 2.31. The van der Waals surface area contributed by atoms with Crippen molar-refractivity contribution in [2.24, 2.45) is 0 Å². The zero-order valence-corrected chi connectivity index (χ0v) is 15.0. The number of nitrogens with zero attached hydrogens (tertiary/aromatic N) is 1. The first kappa shape index (κ1) is 19.8. The van der Waals surface area contributed by atoms with Crippen LogP contribution in [-0.2, 0) is 17.4 Å². The van der Waals surface area contributed by atoms with E-state index in [-0.39, 0.29) is 12.3 Å². The summed E-state index contributed by atoms with van der Waals surface area (Å²) in [5.41, 5.74) is 0.0401. The second-order valence-electron chi connectivity index (χ2n) is 6.21. The maximum Gasteiger partial charge on any atom is 0.417 e. The molecule has 0 radical (unpaired) electrons. The third kappa shape index (κ3) is 5.51. The van der Waals surface area contributed by atoms with Gasteiger partial charge in [0, 0.05) is 19.3 Å². The number of alkyl halides is 3. The van der Waals surface area contributed by atoms with Crippen LogP contribution in [0, 0.1) is 0 Å². The van der Waals surface area contributed by atoms with Crippen LogP contribution in [0.4, 0.5) is 19.0 Å². The number of anilines is 1. The number of amides is 1. The lowest BCUT2D eigenvalue weighted by atomic mass is 10.1. The molecule has 1 aliphatic rings. The average Bonchev–Trinajstić information content (AvgIpc) is 2.67. The van der Waals surface area contributed by atoms with Gasteiger partial charge in [-0.15, -0.1) is 0 Å². The maximum atomic E-state index is 12.5. The average molecular weight is 395 g/mol. The molecule has 150 valence electrons. The van der Waals surface area contributed by atoms with Crippen LogP contribution in [0.2, 0.25) is 0 Å². The molecule has 2 N–H and O–H groups in total. The minimum Gasteiger partial charge on any atom is -0.486 e. The Kier molecular flexibility index (Phi) is 6.23. The number of ether oxygens (including phenoxy) is 2. The molecule has 2 aromatic rings. The van der Waals surface area contributed by atoms with Gasteiger partial charge in [0.2, 0.25) is 5.91 Å². The van der Waals surface area contributed by atoms with Crippen molar-refractivity contribution in [2.45, 2.75) is 19.0 Å². The summed E-state index contributed by atoms with van der Waals surface area (Å²) in [6.45, 7) is 1.92. The van der Waals surface area contributed by atoms with Crippen molar-refractivity contribution < 1.29 is 27.4 Å². The molecule has 1 aromatic carbocycles. The molecule has 0 saturated carbocycles. The number of halogens is 3. The van der Waals surface area contributed by atoms with Gasteiger partial charge >= 0.3 is 6.18 Å². The fourth-order valence-corrected chi connectivity index (χ4v) is 2.64. The number of hydrogen-bond donors (Lipinski definition) is 2. The number of nitrogens with one attached hydrogen (secondary N) is 2. The van der Waals surface area contributed by atoms with Crippen molar-refractivity contribution in [1.29, 1.82) is 0 Å². The Balaban J connectivity index is 1.35. The number of carbonyl (C=O) groups is 1. The summed E-state index contributed by atoms with van der Waals surface area (Å²) in [6.07, 6.45) is -2.77. The van der Waals surface area contributed by atoms with E-state index in [2.05, 4.69) is 15.6 Å². The van der Waals surface area contributed by atoms with E-state index in [1.165, 1.54) is 6.07 Å². The summed E-state index contributed by atoms with van der Waals surface area (Å²) >= 11 is 0. The van der Waals surface area contributed by atoms with Gasteiger partial charge in [-0.2, -0.15) is 13.2 Å². The third-order valence-electron chi connectivity index (χ3n) is 4.04. The minimum atomic E-state index is -4.40. The Morgan fingerprint density at radius 2 is 1.86 bits per heavy atom. The second kappa shape index (κ2) is 8.81. The molecule has 28 heavy (non-hydrogen) atoms. The number of carbonyl (C=O) groups excluding carboxylic acids is 1. The van der Waals surface area contributed by atoms with Gasteiger partial charge in [-0.25, -0.2) is 4.98 Å². The summed E-state index contributed by atoms with van der Waals surface area (Å²) in [5, 5.41) is 5.73. The number of benzene rings is 1. The SMILES string of the molecule is O=C(Cc1ccc2c(c1)OCCO2)NCCCNc1ccc(C(F)(F)F)cn1. The van der Waals surface area contributed by atoms with Gasteiger partial charge in [-0.3, -0.25) is 4.79 Å². The van der Waals surface area contributed by atoms with Crippen LogP contribution in [0.15, 0.2) is 36.5 Å². The third-order valence-corrected chi connectivity index (χ3v) is 4.04. The summed E-state index contributed by atoms with van der Waals surface area (Å²) in [6, 6.07) is 7.67. The molecular weight excluding hydrogens is 375 g/mol. The topological polar surface area (TPSA) is 72.5 Å². The zero-order chi connectivity index (χ0) is 20.0. The zero-order valence-electron chi connectivity index (χ0n) is 15.0. The fourth-order valence-electron chi connectivity index (χ4n) is 2.64. The van der Waals surface area contributed by atoms with Gasteiger partial charge in [0.25, 0.3) is 0 Å². The van der Waals surface area contributed by atoms with Crippen LogP contribution in [0.1, 0.15) is 17.5 Å². The van der Waals surface area contributed by atoms with Crippen LogP contribution in [0.3, 0.4) is 0 Å². The van der Waals surface area contributed by atoms with Crippen molar-refractivity contribution in [3.63, 3.8) is 0 Å². The highest BCUT2D eigenvalue weighted by molar-refractivity contribution is 5.78. The predicted octanol–water partition coefficient (Wildman–Crippen LogP) is 3.03. The molecule has 1 aliphatic heterocycles.